The van der Waals surface area contributed by atoms with Crippen molar-refractivity contribution in [3.63, 3.8) is 0 Å². The normalized spacial score (nSPS) is 21.8. The first kappa shape index (κ1) is 13.7. The summed E-state index contributed by atoms with van der Waals surface area (Å²) in [5, 5.41) is 0. The van der Waals surface area contributed by atoms with Crippen molar-refractivity contribution in [1.82, 2.24) is 0 Å². The third-order valence-corrected chi connectivity index (χ3v) is 4.41. The van der Waals surface area contributed by atoms with Crippen molar-refractivity contribution >= 4 is 22.6 Å². The molecule has 0 spiro atoms. The van der Waals surface area contributed by atoms with Crippen LogP contribution in [-0.4, -0.2) is 43.6 Å². The van der Waals surface area contributed by atoms with E-state index in [1.165, 1.54) is 25.7 Å². The van der Waals surface area contributed by atoms with E-state index in [1.54, 1.807) is 14.2 Å². The summed E-state index contributed by atoms with van der Waals surface area (Å²) in [5.41, 5.74) is 0.116. The molecule has 0 aromatic heterocycles. The number of hydrogen-bond acceptors (Lipinski definition) is 3. The second-order valence-corrected chi connectivity index (χ2v) is 4.91. The Hall–Kier alpha value is 0.610. The molecule has 0 N–H and O–H groups in total. The van der Waals surface area contributed by atoms with Gasteiger partial charge in [0.05, 0.1) is 18.8 Å². The predicted molar refractivity (Wildman–Crippen MR) is 68.7 cm³/mol. The molecule has 0 bridgehead atoms. The van der Waals surface area contributed by atoms with Gasteiger partial charge in [-0.25, -0.2) is 0 Å². The van der Waals surface area contributed by atoms with Crippen LogP contribution in [0.1, 0.15) is 25.7 Å². The minimum atomic E-state index is 0.0652. The fourth-order valence-electron chi connectivity index (χ4n) is 1.98. The van der Waals surface area contributed by atoms with E-state index in [0.717, 1.165) is 4.43 Å². The lowest BCUT2D eigenvalue weighted by atomic mass is 10.1. The summed E-state index contributed by atoms with van der Waals surface area (Å²) in [6, 6.07) is 0. The van der Waals surface area contributed by atoms with Crippen LogP contribution >= 0.6 is 22.6 Å². The standard InChI is InChI=1S/C11H21IO3/c1-13-7-10(14-2)8-15-11(9-12)5-3-4-6-11/h10H,3-9H2,1-2H3. The summed E-state index contributed by atoms with van der Waals surface area (Å²) in [7, 11) is 3.40. The molecule has 0 aromatic rings. The Morgan fingerprint density at radius 1 is 1.20 bits per heavy atom. The van der Waals surface area contributed by atoms with E-state index in [1.807, 2.05) is 0 Å². The van der Waals surface area contributed by atoms with Crippen LogP contribution < -0.4 is 0 Å². The van der Waals surface area contributed by atoms with Crippen LogP contribution in [0.2, 0.25) is 0 Å². The number of halogens is 1. The second-order valence-electron chi connectivity index (χ2n) is 4.15. The molecule has 1 unspecified atom stereocenters. The maximum Gasteiger partial charge on any atom is 0.104 e. The van der Waals surface area contributed by atoms with Crippen LogP contribution in [0, 0.1) is 0 Å². The average Bonchev–Trinajstić information content (AvgIpc) is 2.73. The minimum Gasteiger partial charge on any atom is -0.382 e. The third-order valence-electron chi connectivity index (χ3n) is 3.02. The quantitative estimate of drug-likeness (QED) is 0.531. The van der Waals surface area contributed by atoms with Gasteiger partial charge >= 0.3 is 0 Å². The van der Waals surface area contributed by atoms with Crippen molar-refractivity contribution in [2.45, 2.75) is 37.4 Å². The summed E-state index contributed by atoms with van der Waals surface area (Å²) < 4.78 is 17.5. The van der Waals surface area contributed by atoms with E-state index in [2.05, 4.69) is 22.6 Å². The molecule has 3 nitrogen and oxygen atoms in total. The van der Waals surface area contributed by atoms with Crippen LogP contribution in [0.5, 0.6) is 0 Å². The average molecular weight is 328 g/mol. The molecule has 1 aliphatic carbocycles. The Kier molecular flexibility index (Phi) is 6.42. The highest BCUT2D eigenvalue weighted by atomic mass is 127. The first-order valence-electron chi connectivity index (χ1n) is 5.48. The first-order valence-corrected chi connectivity index (χ1v) is 7.00. The molecule has 1 rings (SSSR count). The number of alkyl halides is 1. The van der Waals surface area contributed by atoms with Crippen molar-refractivity contribution in [2.24, 2.45) is 0 Å². The zero-order chi connectivity index (χ0) is 11.1. The molecule has 1 fully saturated rings. The minimum absolute atomic E-state index is 0.0652. The molecule has 1 saturated carbocycles. The number of hydrogen-bond donors (Lipinski definition) is 0. The summed E-state index contributed by atoms with van der Waals surface area (Å²) in [6.45, 7) is 1.25. The van der Waals surface area contributed by atoms with Gasteiger partial charge in [-0.3, -0.25) is 0 Å². The molecule has 1 atom stereocenters. The van der Waals surface area contributed by atoms with E-state index in [9.17, 15) is 0 Å². The SMILES string of the molecule is COCC(COC1(CI)CCCC1)OC. The molecule has 0 aliphatic heterocycles. The van der Waals surface area contributed by atoms with Crippen LogP contribution in [0.25, 0.3) is 0 Å². The van der Waals surface area contributed by atoms with E-state index in [4.69, 9.17) is 14.2 Å². The van der Waals surface area contributed by atoms with Crippen molar-refractivity contribution < 1.29 is 14.2 Å². The Bertz CT molecular complexity index is 169. The first-order chi connectivity index (χ1) is 7.26. The molecule has 90 valence electrons. The van der Waals surface area contributed by atoms with Gasteiger partial charge in [0.1, 0.15) is 6.10 Å². The molecule has 4 heteroatoms. The highest BCUT2D eigenvalue weighted by molar-refractivity contribution is 14.1. The topological polar surface area (TPSA) is 27.7 Å². The third kappa shape index (κ3) is 4.17. The summed E-state index contributed by atoms with van der Waals surface area (Å²) in [6.07, 6.45) is 5.05. The Balaban J connectivity index is 2.32. The van der Waals surface area contributed by atoms with Crippen LogP contribution in [0.15, 0.2) is 0 Å². The fraction of sp³-hybridized carbons (Fsp3) is 1.00. The molecule has 0 amide bonds. The molecule has 0 radical (unpaired) electrons. The molecule has 0 heterocycles. The highest BCUT2D eigenvalue weighted by Crippen LogP contribution is 2.34. The highest BCUT2D eigenvalue weighted by Gasteiger charge is 2.34. The number of methoxy groups -OCH3 is 2. The predicted octanol–water partition coefficient (Wildman–Crippen LogP) is 2.41. The van der Waals surface area contributed by atoms with Crippen LogP contribution in [-0.2, 0) is 14.2 Å². The molecule has 1 aliphatic rings. The lowest BCUT2D eigenvalue weighted by Crippen LogP contribution is -2.36. The molecular formula is C11H21IO3. The van der Waals surface area contributed by atoms with Gasteiger partial charge in [0.2, 0.25) is 0 Å². The van der Waals surface area contributed by atoms with Gasteiger partial charge in [0.25, 0.3) is 0 Å². The monoisotopic (exact) mass is 328 g/mol. The van der Waals surface area contributed by atoms with Crippen LogP contribution in [0.3, 0.4) is 0 Å². The fourth-order valence-corrected chi connectivity index (χ4v) is 2.96. The van der Waals surface area contributed by atoms with Crippen molar-refractivity contribution in [1.29, 1.82) is 0 Å². The lowest BCUT2D eigenvalue weighted by Gasteiger charge is -2.29. The molecular weight excluding hydrogens is 307 g/mol. The maximum atomic E-state index is 6.03. The van der Waals surface area contributed by atoms with E-state index in [0.29, 0.717) is 13.2 Å². The van der Waals surface area contributed by atoms with Gasteiger partial charge in [-0.15, -0.1) is 0 Å². The zero-order valence-electron chi connectivity index (χ0n) is 9.63. The van der Waals surface area contributed by atoms with Gasteiger partial charge in [0.15, 0.2) is 0 Å². The van der Waals surface area contributed by atoms with Crippen molar-refractivity contribution in [3.8, 4) is 0 Å². The largest absolute Gasteiger partial charge is 0.382 e. The van der Waals surface area contributed by atoms with Crippen molar-refractivity contribution in [2.75, 3.05) is 31.9 Å². The van der Waals surface area contributed by atoms with Gasteiger partial charge < -0.3 is 14.2 Å². The van der Waals surface area contributed by atoms with Gasteiger partial charge in [-0.1, -0.05) is 35.4 Å². The number of ether oxygens (including phenoxy) is 3. The Labute approximate surface area is 106 Å². The summed E-state index contributed by atoms with van der Waals surface area (Å²) >= 11 is 2.43. The van der Waals surface area contributed by atoms with Gasteiger partial charge in [-0.2, -0.15) is 0 Å². The molecule has 15 heavy (non-hydrogen) atoms. The smallest absolute Gasteiger partial charge is 0.104 e. The lowest BCUT2D eigenvalue weighted by molar-refractivity contribution is -0.0878. The van der Waals surface area contributed by atoms with E-state index in [-0.39, 0.29) is 11.7 Å². The maximum absolute atomic E-state index is 6.03. The van der Waals surface area contributed by atoms with Crippen LogP contribution in [0.4, 0.5) is 0 Å². The summed E-state index contributed by atoms with van der Waals surface area (Å²) in [5.74, 6) is 0. The zero-order valence-corrected chi connectivity index (χ0v) is 11.8. The van der Waals surface area contributed by atoms with Gasteiger partial charge in [0, 0.05) is 18.6 Å². The van der Waals surface area contributed by atoms with E-state index >= 15 is 0 Å². The molecule has 0 saturated heterocycles. The number of rotatable bonds is 7. The molecule has 0 aromatic carbocycles. The summed E-state index contributed by atoms with van der Waals surface area (Å²) in [4.78, 5) is 0. The Morgan fingerprint density at radius 2 is 1.87 bits per heavy atom. The van der Waals surface area contributed by atoms with Crippen molar-refractivity contribution in [3.05, 3.63) is 0 Å². The van der Waals surface area contributed by atoms with E-state index < -0.39 is 0 Å². The second kappa shape index (κ2) is 7.04. The Morgan fingerprint density at radius 3 is 2.33 bits per heavy atom. The van der Waals surface area contributed by atoms with Gasteiger partial charge in [-0.05, 0) is 12.8 Å².